The zero-order valence-electron chi connectivity index (χ0n) is 19.7. The number of aliphatic imine (C=N–C) groups is 1. The molecule has 1 aromatic rings. The van der Waals surface area contributed by atoms with E-state index in [4.69, 9.17) is 9.47 Å². The summed E-state index contributed by atoms with van der Waals surface area (Å²) in [7, 11) is 1.65. The Bertz CT molecular complexity index is 708. The Morgan fingerprint density at radius 2 is 2.06 bits per heavy atom. The number of piperidine rings is 1. The number of carbonyl (C=O) groups excluding carboxylic acids is 1. The predicted molar refractivity (Wildman–Crippen MR) is 126 cm³/mol. The SMILES string of the molecule is CCNC(=NCCCc1ccc(OC)c(OCC)c1)NCCC(=O)N1CCCCC1C. The molecule has 2 rings (SSSR count). The van der Waals surface area contributed by atoms with Crippen LogP contribution in [0.1, 0.15) is 58.4 Å². The van der Waals surface area contributed by atoms with Crippen molar-refractivity contribution in [2.45, 2.75) is 65.3 Å². The van der Waals surface area contributed by atoms with Gasteiger partial charge in [0.25, 0.3) is 0 Å². The average molecular weight is 433 g/mol. The summed E-state index contributed by atoms with van der Waals surface area (Å²) in [5.74, 6) is 2.55. The molecule has 0 saturated carbocycles. The third-order valence-electron chi connectivity index (χ3n) is 5.52. The first-order chi connectivity index (χ1) is 15.1. The highest BCUT2D eigenvalue weighted by Crippen LogP contribution is 2.28. The number of guanidine groups is 1. The van der Waals surface area contributed by atoms with Crippen LogP contribution in [-0.4, -0.2) is 62.7 Å². The maximum absolute atomic E-state index is 12.5. The minimum atomic E-state index is 0.236. The number of rotatable bonds is 11. The molecular weight excluding hydrogens is 392 g/mol. The van der Waals surface area contributed by atoms with Gasteiger partial charge in [-0.1, -0.05) is 6.07 Å². The van der Waals surface area contributed by atoms with Gasteiger partial charge in [-0.25, -0.2) is 0 Å². The van der Waals surface area contributed by atoms with Crippen molar-refractivity contribution in [1.29, 1.82) is 0 Å². The Morgan fingerprint density at radius 3 is 2.77 bits per heavy atom. The lowest BCUT2D eigenvalue weighted by Crippen LogP contribution is -2.44. The van der Waals surface area contributed by atoms with Gasteiger partial charge < -0.3 is 25.0 Å². The lowest BCUT2D eigenvalue weighted by molar-refractivity contribution is -0.134. The summed E-state index contributed by atoms with van der Waals surface area (Å²) in [5.41, 5.74) is 1.21. The van der Waals surface area contributed by atoms with Crippen LogP contribution in [0.4, 0.5) is 0 Å². The molecule has 1 aromatic carbocycles. The molecule has 1 heterocycles. The third kappa shape index (κ3) is 8.31. The van der Waals surface area contributed by atoms with Gasteiger partial charge in [-0.3, -0.25) is 9.79 Å². The van der Waals surface area contributed by atoms with Crippen molar-refractivity contribution in [1.82, 2.24) is 15.5 Å². The molecule has 1 aliphatic rings. The standard InChI is InChI=1S/C24H40N4O3/c1-5-25-24(27-16-14-23(29)28-17-8-7-10-19(28)3)26-15-9-11-20-12-13-21(30-4)22(18-20)31-6-2/h12-13,18-19H,5-11,14-17H2,1-4H3,(H2,25,26,27). The first-order valence-electron chi connectivity index (χ1n) is 11.7. The van der Waals surface area contributed by atoms with E-state index in [9.17, 15) is 4.79 Å². The summed E-state index contributed by atoms with van der Waals surface area (Å²) >= 11 is 0. The van der Waals surface area contributed by atoms with Crippen LogP contribution in [0.2, 0.25) is 0 Å². The van der Waals surface area contributed by atoms with Crippen LogP contribution in [0.15, 0.2) is 23.2 Å². The smallest absolute Gasteiger partial charge is 0.224 e. The maximum atomic E-state index is 12.5. The van der Waals surface area contributed by atoms with Gasteiger partial charge in [0.2, 0.25) is 5.91 Å². The van der Waals surface area contributed by atoms with Crippen molar-refractivity contribution in [3.63, 3.8) is 0 Å². The Morgan fingerprint density at radius 1 is 1.23 bits per heavy atom. The lowest BCUT2D eigenvalue weighted by Gasteiger charge is -2.33. The summed E-state index contributed by atoms with van der Waals surface area (Å²) in [6.07, 6.45) is 5.80. The van der Waals surface area contributed by atoms with Gasteiger partial charge in [-0.15, -0.1) is 0 Å². The number of benzene rings is 1. The van der Waals surface area contributed by atoms with E-state index in [0.717, 1.165) is 56.2 Å². The van der Waals surface area contributed by atoms with Crippen LogP contribution >= 0.6 is 0 Å². The number of aryl methyl sites for hydroxylation is 1. The molecule has 0 spiro atoms. The van der Waals surface area contributed by atoms with Crippen LogP contribution < -0.4 is 20.1 Å². The topological polar surface area (TPSA) is 75.2 Å². The molecular formula is C24H40N4O3. The summed E-state index contributed by atoms with van der Waals surface area (Å²) in [6.45, 7) is 9.77. The second kappa shape index (κ2) is 13.8. The number of amides is 1. The number of likely N-dealkylation sites (tertiary alicyclic amines) is 1. The van der Waals surface area contributed by atoms with Crippen LogP contribution in [0.5, 0.6) is 11.5 Å². The highest BCUT2D eigenvalue weighted by molar-refractivity contribution is 5.81. The van der Waals surface area contributed by atoms with Crippen LogP contribution in [0.3, 0.4) is 0 Å². The van der Waals surface area contributed by atoms with Crippen molar-refractivity contribution >= 4 is 11.9 Å². The van der Waals surface area contributed by atoms with Crippen molar-refractivity contribution in [3.8, 4) is 11.5 Å². The van der Waals surface area contributed by atoms with Crippen molar-refractivity contribution in [2.75, 3.05) is 39.9 Å². The van der Waals surface area contributed by atoms with E-state index in [1.807, 2.05) is 30.9 Å². The minimum Gasteiger partial charge on any atom is -0.493 e. The van der Waals surface area contributed by atoms with E-state index in [1.54, 1.807) is 7.11 Å². The second-order valence-electron chi connectivity index (χ2n) is 7.89. The van der Waals surface area contributed by atoms with E-state index >= 15 is 0 Å². The minimum absolute atomic E-state index is 0.236. The monoisotopic (exact) mass is 432 g/mol. The van der Waals surface area contributed by atoms with Gasteiger partial charge in [0.1, 0.15) is 0 Å². The van der Waals surface area contributed by atoms with Crippen molar-refractivity contribution in [3.05, 3.63) is 23.8 Å². The fourth-order valence-corrected chi connectivity index (χ4v) is 3.86. The molecule has 7 heteroatoms. The number of methoxy groups -OCH3 is 1. The van der Waals surface area contributed by atoms with Gasteiger partial charge in [-0.2, -0.15) is 0 Å². The van der Waals surface area contributed by atoms with Crippen LogP contribution in [0, 0.1) is 0 Å². The Balaban J connectivity index is 1.78. The predicted octanol–water partition coefficient (Wildman–Crippen LogP) is 3.37. The van der Waals surface area contributed by atoms with Crippen molar-refractivity contribution < 1.29 is 14.3 Å². The molecule has 1 aliphatic heterocycles. The van der Waals surface area contributed by atoms with Gasteiger partial charge >= 0.3 is 0 Å². The molecule has 31 heavy (non-hydrogen) atoms. The summed E-state index contributed by atoms with van der Waals surface area (Å²) in [4.78, 5) is 19.2. The Hall–Kier alpha value is -2.44. The number of nitrogens with one attached hydrogen (secondary N) is 2. The molecule has 1 fully saturated rings. The molecule has 7 nitrogen and oxygen atoms in total. The second-order valence-corrected chi connectivity index (χ2v) is 7.89. The number of hydrogen-bond acceptors (Lipinski definition) is 4. The molecule has 174 valence electrons. The molecule has 0 radical (unpaired) electrons. The summed E-state index contributed by atoms with van der Waals surface area (Å²) in [6, 6.07) is 6.43. The molecule has 1 unspecified atom stereocenters. The van der Waals surface area contributed by atoms with Gasteiger partial charge in [0, 0.05) is 38.6 Å². The quantitative estimate of drug-likeness (QED) is 0.319. The molecule has 2 N–H and O–H groups in total. The van der Waals surface area contributed by atoms with Gasteiger partial charge in [0.05, 0.1) is 13.7 Å². The first kappa shape index (κ1) is 24.8. The Kier molecular flexibility index (Phi) is 11.0. The largest absolute Gasteiger partial charge is 0.493 e. The zero-order chi connectivity index (χ0) is 22.5. The molecule has 0 aromatic heterocycles. The first-order valence-corrected chi connectivity index (χ1v) is 11.7. The fourth-order valence-electron chi connectivity index (χ4n) is 3.86. The van der Waals surface area contributed by atoms with Crippen molar-refractivity contribution in [2.24, 2.45) is 4.99 Å². The van der Waals surface area contributed by atoms with E-state index in [-0.39, 0.29) is 5.91 Å². The zero-order valence-corrected chi connectivity index (χ0v) is 19.7. The summed E-state index contributed by atoms with van der Waals surface area (Å²) < 4.78 is 11.0. The molecule has 1 amide bonds. The third-order valence-corrected chi connectivity index (χ3v) is 5.52. The maximum Gasteiger partial charge on any atom is 0.224 e. The highest BCUT2D eigenvalue weighted by atomic mass is 16.5. The van der Waals surface area contributed by atoms with E-state index < -0.39 is 0 Å². The van der Waals surface area contributed by atoms with Crippen LogP contribution in [0.25, 0.3) is 0 Å². The lowest BCUT2D eigenvalue weighted by atomic mass is 10.0. The number of carbonyl (C=O) groups is 1. The number of nitrogens with zero attached hydrogens (tertiary/aromatic N) is 2. The van der Waals surface area contributed by atoms with Crippen LogP contribution in [-0.2, 0) is 11.2 Å². The van der Waals surface area contributed by atoms with Gasteiger partial charge in [-0.05, 0) is 70.6 Å². The van der Waals surface area contributed by atoms with E-state index in [0.29, 0.717) is 32.2 Å². The normalized spacial score (nSPS) is 16.7. The highest BCUT2D eigenvalue weighted by Gasteiger charge is 2.22. The van der Waals surface area contributed by atoms with E-state index in [1.165, 1.54) is 12.0 Å². The molecule has 0 aliphatic carbocycles. The van der Waals surface area contributed by atoms with Gasteiger partial charge in [0.15, 0.2) is 17.5 Å². The summed E-state index contributed by atoms with van der Waals surface area (Å²) in [5, 5.41) is 6.56. The molecule has 0 bridgehead atoms. The molecule has 1 saturated heterocycles. The molecule has 1 atom stereocenters. The van der Waals surface area contributed by atoms with E-state index in [2.05, 4.69) is 28.6 Å². The fraction of sp³-hybridized carbons (Fsp3) is 0.667. The average Bonchev–Trinajstić information content (AvgIpc) is 2.77. The number of ether oxygens (including phenoxy) is 2. The Labute approximate surface area is 187 Å². The number of hydrogen-bond donors (Lipinski definition) is 2.